The number of rotatable bonds is 13. The van der Waals surface area contributed by atoms with Gasteiger partial charge in [0.05, 0.1) is 24.5 Å². The zero-order valence-electron chi connectivity index (χ0n) is 25.1. The Morgan fingerprint density at radius 1 is 0.930 bits per heavy atom. The molecule has 3 N–H and O–H groups in total. The summed E-state index contributed by atoms with van der Waals surface area (Å²) in [7, 11) is -2.24. The monoisotopic (exact) mass is 612 g/mol. The van der Waals surface area contributed by atoms with Crippen LogP contribution in [0.4, 0.5) is 4.79 Å². The number of carbonyl (C=O) groups is 2. The summed E-state index contributed by atoms with van der Waals surface area (Å²) in [4.78, 5) is 25.2. The van der Waals surface area contributed by atoms with Crippen LogP contribution >= 0.6 is 0 Å². The molecule has 43 heavy (non-hydrogen) atoms. The molecule has 1 unspecified atom stereocenters. The first-order chi connectivity index (χ1) is 20.2. The lowest BCUT2D eigenvalue weighted by molar-refractivity contribution is 0.0482. The van der Waals surface area contributed by atoms with Gasteiger partial charge in [-0.05, 0) is 68.0 Å². The second-order valence-corrected chi connectivity index (χ2v) is 12.9. The van der Waals surface area contributed by atoms with Gasteiger partial charge in [-0.2, -0.15) is 0 Å². The second kappa shape index (κ2) is 15.0. The van der Waals surface area contributed by atoms with E-state index < -0.39 is 39.8 Å². The van der Waals surface area contributed by atoms with Crippen molar-refractivity contribution in [2.75, 3.05) is 26.6 Å². The number of nitrogens with one attached hydrogen (secondary N) is 2. The molecule has 3 aromatic carbocycles. The average Bonchev–Trinajstić information content (AvgIpc) is 2.92. The van der Waals surface area contributed by atoms with Gasteiger partial charge in [-0.15, -0.1) is 0 Å². The molecule has 232 valence electrons. The average molecular weight is 613 g/mol. The van der Waals surface area contributed by atoms with E-state index in [-0.39, 0.29) is 30.9 Å². The van der Waals surface area contributed by atoms with E-state index in [4.69, 9.17) is 14.2 Å². The second-order valence-electron chi connectivity index (χ2n) is 11.2. The van der Waals surface area contributed by atoms with E-state index in [0.717, 1.165) is 28.5 Å². The molecule has 0 aliphatic carbocycles. The van der Waals surface area contributed by atoms with E-state index in [9.17, 15) is 23.1 Å². The van der Waals surface area contributed by atoms with Crippen molar-refractivity contribution in [3.63, 3.8) is 0 Å². The van der Waals surface area contributed by atoms with E-state index in [1.165, 1.54) is 13.2 Å². The lowest BCUT2D eigenvalue weighted by atomic mass is 9.95. The summed E-state index contributed by atoms with van der Waals surface area (Å²) in [5.74, 6) is -0.575. The molecular weight excluding hydrogens is 572 g/mol. The standard InChI is InChI=1S/C32H40N2O8S/c1-32(2,3)42-31(37)33-26(21-28(35)24-9-7-6-8-10-24)19-22-11-13-23(14-12-22)25-15-16-27(30(36)34-43(5,38)39)29(20-25)41-18-17-40-4/h6-16,20,26,28,35H,17-19,21H2,1-5H3,(H,33,37)(H,34,36)/t26?,28-/m1/s1. The van der Waals surface area contributed by atoms with E-state index in [2.05, 4.69) is 5.32 Å². The Bertz CT molecular complexity index is 1470. The highest BCUT2D eigenvalue weighted by molar-refractivity contribution is 7.89. The number of hydrogen-bond acceptors (Lipinski definition) is 8. The highest BCUT2D eigenvalue weighted by atomic mass is 32.2. The molecule has 0 aliphatic heterocycles. The van der Waals surface area contributed by atoms with Crippen LogP contribution < -0.4 is 14.8 Å². The summed E-state index contributed by atoms with van der Waals surface area (Å²) in [5.41, 5.74) is 2.67. The fraction of sp³-hybridized carbons (Fsp3) is 0.375. The molecule has 0 heterocycles. The first-order valence-corrected chi connectivity index (χ1v) is 15.7. The van der Waals surface area contributed by atoms with Gasteiger partial charge in [0.15, 0.2) is 0 Å². The highest BCUT2D eigenvalue weighted by Gasteiger charge is 2.23. The Balaban J connectivity index is 1.82. The molecule has 11 heteroatoms. The zero-order valence-corrected chi connectivity index (χ0v) is 25.9. The van der Waals surface area contributed by atoms with Crippen molar-refractivity contribution >= 4 is 22.0 Å². The summed E-state index contributed by atoms with van der Waals surface area (Å²) in [5, 5.41) is 13.8. The van der Waals surface area contributed by atoms with E-state index >= 15 is 0 Å². The van der Waals surface area contributed by atoms with Gasteiger partial charge in [0.2, 0.25) is 10.0 Å². The maximum Gasteiger partial charge on any atom is 0.407 e. The maximum absolute atomic E-state index is 12.6. The molecule has 3 aromatic rings. The van der Waals surface area contributed by atoms with Crippen LogP contribution in [0.25, 0.3) is 11.1 Å². The Hall–Kier alpha value is -3.93. The summed E-state index contributed by atoms with van der Waals surface area (Å²) in [6.45, 7) is 5.82. The first-order valence-electron chi connectivity index (χ1n) is 13.8. The number of ether oxygens (including phenoxy) is 3. The van der Waals surface area contributed by atoms with Crippen LogP contribution in [-0.4, -0.2) is 63.7 Å². The highest BCUT2D eigenvalue weighted by Crippen LogP contribution is 2.29. The van der Waals surface area contributed by atoms with Crippen molar-refractivity contribution in [2.24, 2.45) is 0 Å². The van der Waals surface area contributed by atoms with Crippen molar-refractivity contribution in [2.45, 2.75) is 51.4 Å². The van der Waals surface area contributed by atoms with Gasteiger partial charge in [-0.1, -0.05) is 60.7 Å². The molecule has 0 saturated heterocycles. The summed E-state index contributed by atoms with van der Waals surface area (Å²) < 4.78 is 41.4. The summed E-state index contributed by atoms with van der Waals surface area (Å²) >= 11 is 0. The van der Waals surface area contributed by atoms with Crippen LogP contribution in [0.3, 0.4) is 0 Å². The van der Waals surface area contributed by atoms with Gasteiger partial charge in [-0.25, -0.2) is 17.9 Å². The Labute approximate surface area is 253 Å². The Morgan fingerprint density at radius 3 is 2.19 bits per heavy atom. The topological polar surface area (TPSA) is 140 Å². The predicted octanol–water partition coefficient (Wildman–Crippen LogP) is 4.63. The van der Waals surface area contributed by atoms with Crippen molar-refractivity contribution < 1.29 is 37.3 Å². The molecule has 0 saturated carbocycles. The lowest BCUT2D eigenvalue weighted by Crippen LogP contribution is -2.41. The minimum Gasteiger partial charge on any atom is -0.490 e. The third-order valence-electron chi connectivity index (χ3n) is 6.23. The third-order valence-corrected chi connectivity index (χ3v) is 6.79. The van der Waals surface area contributed by atoms with Crippen LogP contribution in [0.1, 0.15) is 54.8 Å². The van der Waals surface area contributed by atoms with Crippen LogP contribution in [0.5, 0.6) is 5.75 Å². The van der Waals surface area contributed by atoms with Crippen LogP contribution in [0.15, 0.2) is 72.8 Å². The van der Waals surface area contributed by atoms with Crippen LogP contribution in [0.2, 0.25) is 0 Å². The number of sulfonamides is 1. The number of methoxy groups -OCH3 is 1. The van der Waals surface area contributed by atoms with Gasteiger partial charge in [0.25, 0.3) is 5.91 Å². The van der Waals surface area contributed by atoms with Crippen molar-refractivity contribution in [1.82, 2.24) is 10.0 Å². The molecule has 0 spiro atoms. The molecule has 0 aliphatic rings. The number of benzene rings is 3. The fourth-order valence-electron chi connectivity index (χ4n) is 4.33. The fourth-order valence-corrected chi connectivity index (χ4v) is 4.78. The number of hydrogen-bond donors (Lipinski definition) is 3. The maximum atomic E-state index is 12.6. The van der Waals surface area contributed by atoms with Crippen molar-refractivity contribution in [1.29, 1.82) is 0 Å². The van der Waals surface area contributed by atoms with Crippen LogP contribution in [-0.2, 0) is 25.9 Å². The normalized spacial score (nSPS) is 13.1. The van der Waals surface area contributed by atoms with Gasteiger partial charge in [-0.3, -0.25) is 4.79 Å². The largest absolute Gasteiger partial charge is 0.490 e. The molecule has 0 aromatic heterocycles. The number of aliphatic hydroxyl groups excluding tert-OH is 1. The smallest absolute Gasteiger partial charge is 0.407 e. The van der Waals surface area contributed by atoms with E-state index in [0.29, 0.717) is 6.42 Å². The van der Waals surface area contributed by atoms with Gasteiger partial charge >= 0.3 is 6.09 Å². The number of amides is 2. The van der Waals surface area contributed by atoms with Crippen molar-refractivity contribution in [3.05, 3.63) is 89.5 Å². The summed E-state index contributed by atoms with van der Waals surface area (Å²) in [6, 6.07) is 21.4. The quantitative estimate of drug-likeness (QED) is 0.238. The molecule has 10 nitrogen and oxygen atoms in total. The van der Waals surface area contributed by atoms with E-state index in [1.54, 1.807) is 32.9 Å². The Kier molecular flexibility index (Phi) is 11.7. The molecule has 0 bridgehead atoms. The number of alkyl carbamates (subject to hydrolysis) is 1. The minimum atomic E-state index is -3.76. The lowest BCUT2D eigenvalue weighted by Gasteiger charge is -2.25. The molecule has 2 amide bonds. The summed E-state index contributed by atoms with van der Waals surface area (Å²) in [6.07, 6.45) is 0.289. The SMILES string of the molecule is COCCOc1cc(-c2ccc(CC(C[C@@H](O)c3ccccc3)NC(=O)OC(C)(C)C)cc2)ccc1C(=O)NS(C)(=O)=O. The van der Waals surface area contributed by atoms with Crippen molar-refractivity contribution in [3.8, 4) is 16.9 Å². The first kappa shape index (κ1) is 33.6. The predicted molar refractivity (Wildman–Crippen MR) is 164 cm³/mol. The number of aliphatic hydroxyl groups is 1. The number of carbonyl (C=O) groups excluding carboxylic acids is 2. The zero-order chi connectivity index (χ0) is 31.6. The Morgan fingerprint density at radius 2 is 1.58 bits per heavy atom. The third kappa shape index (κ3) is 11.3. The molecule has 2 atom stereocenters. The minimum absolute atomic E-state index is 0.0786. The molecular formula is C32H40N2O8S. The molecule has 0 fully saturated rings. The van der Waals surface area contributed by atoms with E-state index in [1.807, 2.05) is 59.3 Å². The van der Waals surface area contributed by atoms with Gasteiger partial charge in [0, 0.05) is 13.2 Å². The van der Waals surface area contributed by atoms with Crippen LogP contribution in [0, 0.1) is 0 Å². The molecule has 0 radical (unpaired) electrons. The molecule has 3 rings (SSSR count). The van der Waals surface area contributed by atoms with Gasteiger partial charge < -0.3 is 24.6 Å². The van der Waals surface area contributed by atoms with Gasteiger partial charge in [0.1, 0.15) is 18.0 Å².